The van der Waals surface area contributed by atoms with E-state index in [0.29, 0.717) is 27.6 Å². The van der Waals surface area contributed by atoms with Crippen LogP contribution in [0.3, 0.4) is 0 Å². The second-order valence-electron chi connectivity index (χ2n) is 5.81. The monoisotopic (exact) mass is 395 g/mol. The highest BCUT2D eigenvalue weighted by Crippen LogP contribution is 2.32. The van der Waals surface area contributed by atoms with Crippen LogP contribution < -0.4 is 5.32 Å². The Morgan fingerprint density at radius 3 is 2.82 bits per heavy atom. The molecule has 2 heterocycles. The summed E-state index contributed by atoms with van der Waals surface area (Å²) in [7, 11) is 1.25. The molecule has 0 unspecified atom stereocenters. The van der Waals surface area contributed by atoms with Crippen molar-refractivity contribution in [1.29, 1.82) is 0 Å². The first-order valence-electron chi connectivity index (χ1n) is 8.20. The number of halogens is 1. The fraction of sp³-hybridized carbons (Fsp3) is 0.0526. The van der Waals surface area contributed by atoms with Crippen molar-refractivity contribution >= 4 is 40.1 Å². The zero-order valence-electron chi connectivity index (χ0n) is 14.6. The number of esters is 1. The summed E-state index contributed by atoms with van der Waals surface area (Å²) in [5.74, 6) is -0.443. The van der Waals surface area contributed by atoms with Gasteiger partial charge in [0.25, 0.3) is 0 Å². The van der Waals surface area contributed by atoms with Gasteiger partial charge in [0.2, 0.25) is 0 Å². The maximum absolute atomic E-state index is 11.8. The Kier molecular flexibility index (Phi) is 4.54. The van der Waals surface area contributed by atoms with Crippen LogP contribution in [0.5, 0.6) is 5.75 Å². The van der Waals surface area contributed by atoms with Crippen molar-refractivity contribution < 1.29 is 14.6 Å². The number of aromatic hydroxyl groups is 1. The van der Waals surface area contributed by atoms with Gasteiger partial charge in [-0.05, 0) is 30.3 Å². The molecule has 0 aliphatic carbocycles. The van der Waals surface area contributed by atoms with E-state index in [2.05, 4.69) is 25.1 Å². The number of benzene rings is 2. The molecule has 0 aliphatic heterocycles. The van der Waals surface area contributed by atoms with Gasteiger partial charge < -0.3 is 15.2 Å². The van der Waals surface area contributed by atoms with Gasteiger partial charge in [0, 0.05) is 5.02 Å². The molecule has 0 saturated carbocycles. The molecule has 8 nitrogen and oxygen atoms in total. The van der Waals surface area contributed by atoms with Crippen molar-refractivity contribution in [2.45, 2.75) is 0 Å². The van der Waals surface area contributed by atoms with E-state index >= 15 is 0 Å². The van der Waals surface area contributed by atoms with Gasteiger partial charge in [-0.15, -0.1) is 0 Å². The molecule has 0 radical (unpaired) electrons. The molecule has 2 aromatic carbocycles. The SMILES string of the molecule is COC(=O)c1cccc(Nc2ncnc3c2cnn3-c2cccc(Cl)c2)c1O. The van der Waals surface area contributed by atoms with Crippen molar-refractivity contribution in [2.24, 2.45) is 0 Å². The summed E-state index contributed by atoms with van der Waals surface area (Å²) in [6, 6.07) is 11.9. The maximum atomic E-state index is 11.8. The van der Waals surface area contributed by atoms with Crippen molar-refractivity contribution in [1.82, 2.24) is 19.7 Å². The third-order valence-corrected chi connectivity index (χ3v) is 4.35. The van der Waals surface area contributed by atoms with Gasteiger partial charge in [-0.1, -0.05) is 23.7 Å². The molecule has 9 heteroatoms. The number of nitrogens with zero attached hydrogens (tertiary/aromatic N) is 4. The second-order valence-corrected chi connectivity index (χ2v) is 6.25. The highest BCUT2D eigenvalue weighted by molar-refractivity contribution is 6.30. The first-order chi connectivity index (χ1) is 13.6. The molecule has 0 bridgehead atoms. The number of ether oxygens (including phenoxy) is 1. The minimum Gasteiger partial charge on any atom is -0.505 e. The number of phenolic OH excluding ortho intramolecular Hbond substituents is 1. The molecule has 0 amide bonds. The Morgan fingerprint density at radius 1 is 1.21 bits per heavy atom. The number of anilines is 2. The topological polar surface area (TPSA) is 102 Å². The number of carbonyl (C=O) groups excluding carboxylic acids is 1. The lowest BCUT2D eigenvalue weighted by atomic mass is 10.1. The van der Waals surface area contributed by atoms with Crippen LogP contribution in [0.15, 0.2) is 55.0 Å². The highest BCUT2D eigenvalue weighted by atomic mass is 35.5. The van der Waals surface area contributed by atoms with E-state index in [-0.39, 0.29) is 11.3 Å². The van der Waals surface area contributed by atoms with E-state index in [1.807, 2.05) is 12.1 Å². The van der Waals surface area contributed by atoms with Gasteiger partial charge >= 0.3 is 5.97 Å². The van der Waals surface area contributed by atoms with Crippen LogP contribution in [0, 0.1) is 0 Å². The van der Waals surface area contributed by atoms with Crippen molar-refractivity contribution in [3.05, 3.63) is 65.6 Å². The maximum Gasteiger partial charge on any atom is 0.341 e. The molecular weight excluding hydrogens is 382 g/mol. The minimum absolute atomic E-state index is 0.0485. The number of nitrogens with one attached hydrogen (secondary N) is 1. The first kappa shape index (κ1) is 17.7. The summed E-state index contributed by atoms with van der Waals surface area (Å²) < 4.78 is 6.32. The summed E-state index contributed by atoms with van der Waals surface area (Å²) >= 11 is 6.07. The molecule has 0 aliphatic rings. The Labute approximate surface area is 164 Å². The smallest absolute Gasteiger partial charge is 0.341 e. The van der Waals surface area contributed by atoms with Crippen molar-refractivity contribution in [3.63, 3.8) is 0 Å². The lowest BCUT2D eigenvalue weighted by Crippen LogP contribution is -2.04. The fourth-order valence-corrected chi connectivity index (χ4v) is 2.97. The highest BCUT2D eigenvalue weighted by Gasteiger charge is 2.17. The summed E-state index contributed by atoms with van der Waals surface area (Å²) in [6.45, 7) is 0. The Hall–Kier alpha value is -3.65. The summed E-state index contributed by atoms with van der Waals surface area (Å²) in [4.78, 5) is 20.3. The van der Waals surface area contributed by atoms with Gasteiger partial charge in [0.15, 0.2) is 11.4 Å². The third kappa shape index (κ3) is 3.10. The number of hydrogen-bond acceptors (Lipinski definition) is 7. The fourth-order valence-electron chi connectivity index (χ4n) is 2.79. The molecule has 0 saturated heterocycles. The molecule has 0 spiro atoms. The summed E-state index contributed by atoms with van der Waals surface area (Å²) in [6.07, 6.45) is 2.99. The van der Waals surface area contributed by atoms with Gasteiger partial charge in [-0.2, -0.15) is 5.10 Å². The lowest BCUT2D eigenvalue weighted by molar-refractivity contribution is 0.0597. The Morgan fingerprint density at radius 2 is 2.04 bits per heavy atom. The molecular formula is C19H14ClN5O3. The van der Waals surface area contributed by atoms with E-state index in [0.717, 1.165) is 5.69 Å². The van der Waals surface area contributed by atoms with Crippen LogP contribution in [-0.2, 0) is 4.74 Å². The van der Waals surface area contributed by atoms with Crippen LogP contribution in [0.4, 0.5) is 11.5 Å². The van der Waals surface area contributed by atoms with E-state index in [9.17, 15) is 9.90 Å². The van der Waals surface area contributed by atoms with Crippen molar-refractivity contribution in [3.8, 4) is 11.4 Å². The van der Waals surface area contributed by atoms with Gasteiger partial charge in [0.05, 0.1) is 30.1 Å². The number of fused-ring (bicyclic) bond motifs is 1. The van der Waals surface area contributed by atoms with E-state index < -0.39 is 5.97 Å². The molecule has 28 heavy (non-hydrogen) atoms. The molecule has 4 rings (SSSR count). The average Bonchev–Trinajstić information content (AvgIpc) is 3.14. The van der Waals surface area contributed by atoms with Crippen molar-refractivity contribution in [2.75, 3.05) is 12.4 Å². The zero-order chi connectivity index (χ0) is 19.7. The molecule has 0 fully saturated rings. The number of phenols is 1. The zero-order valence-corrected chi connectivity index (χ0v) is 15.4. The van der Waals surface area contributed by atoms with Gasteiger partial charge in [-0.25, -0.2) is 19.4 Å². The molecule has 2 N–H and O–H groups in total. The number of para-hydroxylation sites is 1. The Balaban J connectivity index is 1.76. The molecule has 4 aromatic rings. The van der Waals surface area contributed by atoms with E-state index in [1.165, 1.54) is 19.5 Å². The second kappa shape index (κ2) is 7.16. The van der Waals surface area contributed by atoms with Crippen LogP contribution in [0.1, 0.15) is 10.4 Å². The standard InChI is InChI=1S/C19H14ClN5O3/c1-28-19(27)13-6-3-7-15(16(13)26)24-17-14-9-23-25(18(14)22-10-21-17)12-5-2-4-11(20)8-12/h2-10,26H,1H3,(H,21,22,24). The third-order valence-electron chi connectivity index (χ3n) is 4.11. The number of aromatic nitrogens is 4. The van der Waals surface area contributed by atoms with Gasteiger partial charge in [0.1, 0.15) is 17.7 Å². The summed E-state index contributed by atoms with van der Waals surface area (Å²) in [5, 5.41) is 19.0. The lowest BCUT2D eigenvalue weighted by Gasteiger charge is -2.11. The number of methoxy groups -OCH3 is 1. The quantitative estimate of drug-likeness (QED) is 0.401. The van der Waals surface area contributed by atoms with Crippen LogP contribution >= 0.6 is 11.6 Å². The summed E-state index contributed by atoms with van der Waals surface area (Å²) in [5.41, 5.74) is 1.66. The number of rotatable bonds is 4. The van der Waals surface area contributed by atoms with Crippen LogP contribution in [0.2, 0.25) is 5.02 Å². The van der Waals surface area contributed by atoms with Gasteiger partial charge in [-0.3, -0.25) is 0 Å². The first-order valence-corrected chi connectivity index (χ1v) is 8.58. The van der Waals surface area contributed by atoms with Crippen LogP contribution in [-0.4, -0.2) is 37.9 Å². The minimum atomic E-state index is -0.636. The molecule has 0 atom stereocenters. The average molecular weight is 396 g/mol. The number of hydrogen-bond donors (Lipinski definition) is 2. The van der Waals surface area contributed by atoms with E-state index in [4.69, 9.17) is 11.6 Å². The van der Waals surface area contributed by atoms with E-state index in [1.54, 1.807) is 35.1 Å². The largest absolute Gasteiger partial charge is 0.505 e. The molecule has 2 aromatic heterocycles. The predicted molar refractivity (Wildman–Crippen MR) is 104 cm³/mol. The normalized spacial score (nSPS) is 10.8. The molecule has 140 valence electrons. The van der Waals surface area contributed by atoms with Crippen LogP contribution in [0.25, 0.3) is 16.7 Å². The Bertz CT molecular complexity index is 1190. The predicted octanol–water partition coefficient (Wildman–Crippen LogP) is 3.70. The number of carbonyl (C=O) groups is 1.